The number of benzene rings is 11. The highest BCUT2D eigenvalue weighted by Gasteiger charge is 2.32. The number of carbonyl (C=O) groups excluding carboxylic acids is 6. The number of amides is 6. The molecule has 0 spiro atoms. The number of H-pyrrole nitrogens is 5. The molecule has 11 heterocycles. The Balaban J connectivity index is 0.000000106. The van der Waals surface area contributed by atoms with Crippen LogP contribution in [0, 0.1) is 35.0 Å². The van der Waals surface area contributed by atoms with Crippen molar-refractivity contribution in [2.24, 2.45) is 5.92 Å². The predicted molar refractivity (Wildman–Crippen MR) is 514 cm³/mol. The first-order valence-corrected chi connectivity index (χ1v) is 45.5. The van der Waals surface area contributed by atoms with Crippen LogP contribution in [0.5, 0.6) is 0 Å². The molecule has 23 rings (SSSR count). The molecular weight excluding hydrogens is 1770 g/mol. The van der Waals surface area contributed by atoms with Gasteiger partial charge in [0.25, 0.3) is 0 Å². The Morgan fingerprint density at radius 2 is 0.756 bits per heavy atom. The van der Waals surface area contributed by atoms with Gasteiger partial charge in [-0.3, -0.25) is 54.3 Å². The Kier molecular flexibility index (Phi) is 24.1. The maximum Gasteiger partial charge on any atom is 0.247 e. The Morgan fingerprint density at radius 3 is 1.13 bits per heavy atom. The lowest BCUT2D eigenvalue weighted by atomic mass is 10.0. The number of hydrogen-bond donors (Lipinski definition) is 11. The molecule has 33 heteroatoms. The number of carbonyl (C=O) groups is 6. The number of methoxy groups -OCH3 is 1. The minimum atomic E-state index is -0.631. The van der Waals surface area contributed by atoms with Crippen LogP contribution in [-0.2, 0) is 39.9 Å². The predicted octanol–water partition coefficient (Wildman–Crippen LogP) is 23.6. The van der Waals surface area contributed by atoms with Crippen molar-refractivity contribution in [3.8, 4) is 53.5 Å². The number of aromatic amines is 5. The van der Waals surface area contributed by atoms with E-state index in [2.05, 4.69) is 131 Å². The van der Waals surface area contributed by atoms with Crippen molar-refractivity contribution in [2.45, 2.75) is 51.5 Å². The van der Waals surface area contributed by atoms with Gasteiger partial charge < -0.3 is 36.6 Å². The van der Waals surface area contributed by atoms with E-state index in [-0.39, 0.29) is 83.3 Å². The highest BCUT2D eigenvalue weighted by Crippen LogP contribution is 2.44. The number of ether oxygens (including phenoxy) is 1. The van der Waals surface area contributed by atoms with Crippen LogP contribution in [0.1, 0.15) is 43.9 Å². The maximum absolute atomic E-state index is 14.5. The molecule has 1 aliphatic carbocycles. The lowest BCUT2D eigenvalue weighted by Crippen LogP contribution is -2.37. The molecule has 23 nitrogen and oxygen atoms in total. The zero-order valence-corrected chi connectivity index (χ0v) is 73.3. The van der Waals surface area contributed by atoms with E-state index in [1.165, 1.54) is 69.8 Å². The lowest BCUT2D eigenvalue weighted by Gasteiger charge is -2.11. The van der Waals surface area contributed by atoms with Gasteiger partial charge in [-0.15, -0.1) is 56.7 Å². The molecule has 11 aromatic carbocycles. The zero-order valence-electron chi connectivity index (χ0n) is 69.2. The average Bonchev–Trinajstić information content (AvgIpc) is 1.64. The highest BCUT2D eigenvalue weighted by molar-refractivity contribution is 7.23. The van der Waals surface area contributed by atoms with Gasteiger partial charge in [0.05, 0.1) is 101 Å². The molecule has 11 N–H and O–H groups in total. The van der Waals surface area contributed by atoms with E-state index in [4.69, 9.17) is 4.74 Å². The van der Waals surface area contributed by atoms with Crippen molar-refractivity contribution >= 4 is 226 Å². The molecule has 652 valence electrons. The van der Waals surface area contributed by atoms with E-state index in [0.29, 0.717) is 51.8 Å². The topological polar surface area (TPSA) is 327 Å². The lowest BCUT2D eigenvalue weighted by molar-refractivity contribution is -0.122. The monoisotopic (exact) mass is 1840 g/mol. The van der Waals surface area contributed by atoms with Gasteiger partial charge in [0.15, 0.2) is 0 Å². The van der Waals surface area contributed by atoms with Gasteiger partial charge in [0.2, 0.25) is 35.4 Å². The average molecular weight is 1840 g/mol. The molecule has 0 radical (unpaired) electrons. The first-order chi connectivity index (χ1) is 63.7. The molecule has 10 aromatic heterocycles. The van der Waals surface area contributed by atoms with Gasteiger partial charge in [-0.2, -0.15) is 25.5 Å². The van der Waals surface area contributed by atoms with Gasteiger partial charge in [-0.05, 0) is 148 Å². The van der Waals surface area contributed by atoms with Crippen molar-refractivity contribution in [1.82, 2.24) is 56.3 Å². The first-order valence-electron chi connectivity index (χ1n) is 41.3. The second-order valence-corrected chi connectivity index (χ2v) is 36.5. The summed E-state index contributed by atoms with van der Waals surface area (Å²) < 4.78 is 81.1. The van der Waals surface area contributed by atoms with Gasteiger partial charge in [0, 0.05) is 113 Å². The van der Waals surface area contributed by atoms with E-state index in [9.17, 15) is 50.7 Å². The van der Waals surface area contributed by atoms with Gasteiger partial charge in [0.1, 0.15) is 57.9 Å². The molecule has 21 aromatic rings. The second-order valence-electron chi connectivity index (χ2n) is 31.1. The number of nitrogens with zero attached hydrogens (tertiary/aromatic N) is 5. The Hall–Kier alpha value is -15.0. The molecule has 0 bridgehead atoms. The Morgan fingerprint density at radius 1 is 0.389 bits per heavy atom. The molecule has 2 aliphatic rings. The number of anilines is 5. The largest absolute Gasteiger partial charge is 0.384 e. The summed E-state index contributed by atoms with van der Waals surface area (Å²) in [6.07, 6.45) is 2.87. The molecule has 1 saturated carbocycles. The fourth-order valence-electron chi connectivity index (χ4n) is 15.3. The fraction of sp³-hybridized carbons (Fsp3) is 0.112. The summed E-state index contributed by atoms with van der Waals surface area (Å²) in [6.45, 7) is 1.63. The van der Waals surface area contributed by atoms with Crippen molar-refractivity contribution in [3.05, 3.63) is 276 Å². The Labute approximate surface area is 759 Å². The maximum atomic E-state index is 14.5. The van der Waals surface area contributed by atoms with Gasteiger partial charge in [-0.25, -0.2) is 22.0 Å². The number of aromatic nitrogens is 10. The standard InChI is InChI=1S/C21H18FN3O2.C21H14FN3OS2.C20H15FN4O2S.C19H14FN3OS.C17H12FN3OS/c1-27-9-8-20(26)23-19-11-16-18(12-17(19)22)24-25-21(16)15-7-6-13-4-2-3-5-14(13)10-15;22-15-11-16-14(10-17(15)23-20(26)9-13-5-3-7-27-13)21(25-24-16)19-8-12-4-1-2-6-18(12)28-19;21-12-9-14-11(8-15(12)23-20(27)13-5-6-18(26)22-13)19(25-24-14)17-7-10-3-1-2-4-16(10)28-17;20-13-9-14-12(8-15(13)21-19(24)10-5-6-10)18(23-22-14)17-7-11-3-1-2-4-16(11)25-17;1-9(22)19-14-7-11-13(8-12(14)18)20-21-17(11)16-6-10-4-2-3-5-15(10)23-16/h2-7,10-12H,8-9H2,1H3,(H,23,26)(H,24,25);1-8,10-11H,9H2,(H,23,26)(H,24,25);1-4,7-9,13H,5-6H2,(H,22,26)(H,23,27)(H,24,25);1-4,7-10H,5-6H2,(H,21,24)(H,22,23);2-8H,1H3,(H,19,22)(H,20,21)/t;;13-;;/m..1../s1. The molecule has 1 atom stereocenters. The normalized spacial score (nSPS) is 13.0. The van der Waals surface area contributed by atoms with Crippen LogP contribution in [0.3, 0.4) is 0 Å². The van der Waals surface area contributed by atoms with Crippen LogP contribution < -0.4 is 31.9 Å². The molecule has 131 heavy (non-hydrogen) atoms. The second kappa shape index (κ2) is 37.0. The molecule has 1 aliphatic heterocycles. The van der Waals surface area contributed by atoms with Gasteiger partial charge >= 0.3 is 0 Å². The summed E-state index contributed by atoms with van der Waals surface area (Å²) in [5.41, 5.74) is 8.32. The van der Waals surface area contributed by atoms with Crippen LogP contribution in [0.25, 0.3) is 159 Å². The van der Waals surface area contributed by atoms with Gasteiger partial charge in [-0.1, -0.05) is 115 Å². The van der Waals surface area contributed by atoms with Crippen LogP contribution in [0.2, 0.25) is 0 Å². The summed E-state index contributed by atoms with van der Waals surface area (Å²) in [7, 11) is 1.52. The first kappa shape index (κ1) is 85.4. The minimum Gasteiger partial charge on any atom is -0.384 e. The number of hydrogen-bond acceptors (Lipinski definition) is 17. The van der Waals surface area contributed by atoms with Crippen LogP contribution >= 0.6 is 56.7 Å². The fourth-order valence-corrected chi connectivity index (χ4v) is 20.3. The third kappa shape index (κ3) is 18.6. The molecular formula is C98H73F5N16O7S5. The summed E-state index contributed by atoms with van der Waals surface area (Å²) in [6, 6.07) is 72.9. The number of rotatable bonds is 17. The summed E-state index contributed by atoms with van der Waals surface area (Å²) in [5.74, 6) is -4.02. The van der Waals surface area contributed by atoms with E-state index in [1.54, 1.807) is 75.7 Å². The van der Waals surface area contributed by atoms with E-state index in [1.807, 2.05) is 133 Å². The number of thiophene rings is 5. The Bertz CT molecular complexity index is 7890. The molecule has 2 fully saturated rings. The molecule has 0 unspecified atom stereocenters. The third-order valence-corrected chi connectivity index (χ3v) is 27.4. The third-order valence-electron chi connectivity index (χ3n) is 22.0. The van der Waals surface area contributed by atoms with E-state index >= 15 is 0 Å². The van der Waals surface area contributed by atoms with Crippen molar-refractivity contribution in [2.75, 3.05) is 40.3 Å². The minimum absolute atomic E-state index is 0.0292. The van der Waals surface area contributed by atoms with Crippen LogP contribution in [-0.4, -0.2) is 106 Å². The summed E-state index contributed by atoms with van der Waals surface area (Å²) >= 11 is 8.02. The molecule has 6 amide bonds. The smallest absolute Gasteiger partial charge is 0.247 e. The number of fused-ring (bicyclic) bond motifs is 10. The summed E-state index contributed by atoms with van der Waals surface area (Å²) in [4.78, 5) is 76.0. The van der Waals surface area contributed by atoms with E-state index in [0.717, 1.165) is 124 Å². The van der Waals surface area contributed by atoms with Crippen LogP contribution in [0.4, 0.5) is 50.4 Å². The number of nitrogens with one attached hydrogen (secondary N) is 11. The van der Waals surface area contributed by atoms with Crippen LogP contribution in [0.15, 0.2) is 242 Å². The van der Waals surface area contributed by atoms with E-state index < -0.39 is 41.0 Å². The number of halogens is 5. The quantitative estimate of drug-likeness (QED) is 0.0379. The summed E-state index contributed by atoms with van der Waals surface area (Å²) in [5, 5.41) is 64.4. The van der Waals surface area contributed by atoms with Crippen molar-refractivity contribution < 1.29 is 55.5 Å². The van der Waals surface area contributed by atoms with Crippen molar-refractivity contribution in [3.63, 3.8) is 0 Å². The highest BCUT2D eigenvalue weighted by atomic mass is 32.1. The zero-order chi connectivity index (χ0) is 90.1. The SMILES string of the molecule is CC(=O)Nc1cc2c(-c3cc4ccccc4s3)n[nH]c2cc1F.COCCC(=O)Nc1cc2c(-c3ccc4ccccc4c3)n[nH]c2cc1F.O=C(Cc1cccs1)Nc1cc2c(-c3cc4ccccc4s3)n[nH]c2cc1F.O=C(Nc1cc2c(-c3cc4ccccc4s3)n[nH]c2cc1F)C1CC1.O=C1CC[C@H](C(=O)Nc2cc3c(-c4cc5ccccc5s4)n[nH]c3cc2F)N1. The van der Waals surface area contributed by atoms with Crippen molar-refractivity contribution in [1.29, 1.82) is 0 Å². The molecule has 1 saturated heterocycles.